The molecule has 0 heterocycles. The second kappa shape index (κ2) is 6.37. The van der Waals surface area contributed by atoms with Crippen LogP contribution in [0, 0.1) is 5.92 Å². The van der Waals surface area contributed by atoms with Crippen LogP contribution in [0.4, 0.5) is 0 Å². The number of rotatable bonds is 7. The molecule has 5 heteroatoms. The Balaban J connectivity index is 3.90. The molecule has 14 heavy (non-hydrogen) atoms. The summed E-state index contributed by atoms with van der Waals surface area (Å²) >= 11 is 0. The third-order valence-corrected chi connectivity index (χ3v) is 2.28. The minimum absolute atomic E-state index is 0.161. The van der Waals surface area contributed by atoms with Gasteiger partial charge in [0.05, 0.1) is 0 Å². The van der Waals surface area contributed by atoms with Crippen molar-refractivity contribution < 1.29 is 14.7 Å². The molecule has 0 saturated carbocycles. The van der Waals surface area contributed by atoms with Gasteiger partial charge in [-0.05, 0) is 18.8 Å². The van der Waals surface area contributed by atoms with E-state index in [2.05, 4.69) is 0 Å². The average Bonchev–Trinajstić information content (AvgIpc) is 2.11. The first kappa shape index (κ1) is 12.9. The molecule has 0 spiro atoms. The number of hydrogen-bond acceptors (Lipinski definition) is 3. The molecule has 0 fully saturated rings. The van der Waals surface area contributed by atoms with E-state index in [1.807, 2.05) is 6.92 Å². The van der Waals surface area contributed by atoms with Crippen LogP contribution in [-0.2, 0) is 9.59 Å². The standard InChI is InChI=1S/C9H18N2O3/c1-2-6(3-4-8(11)12)5-7(10)9(13)14/h6-7H,2-5,10H2,1H3,(H2,11,12)(H,13,14). The first-order valence-corrected chi connectivity index (χ1v) is 4.74. The topological polar surface area (TPSA) is 106 Å². The van der Waals surface area contributed by atoms with Crippen molar-refractivity contribution in [3.63, 3.8) is 0 Å². The molecule has 0 aliphatic heterocycles. The van der Waals surface area contributed by atoms with Crippen molar-refractivity contribution >= 4 is 11.9 Å². The van der Waals surface area contributed by atoms with Crippen LogP contribution in [-0.4, -0.2) is 23.0 Å². The second-order valence-electron chi connectivity index (χ2n) is 3.46. The summed E-state index contributed by atoms with van der Waals surface area (Å²) in [6.07, 6.45) is 2.13. The van der Waals surface area contributed by atoms with Gasteiger partial charge in [-0.2, -0.15) is 0 Å². The third-order valence-electron chi connectivity index (χ3n) is 2.28. The number of aliphatic carboxylic acids is 1. The first-order valence-electron chi connectivity index (χ1n) is 4.74. The fraction of sp³-hybridized carbons (Fsp3) is 0.778. The number of carbonyl (C=O) groups excluding carboxylic acids is 1. The monoisotopic (exact) mass is 202 g/mol. The number of nitrogens with two attached hydrogens (primary N) is 2. The highest BCUT2D eigenvalue weighted by Gasteiger charge is 2.17. The van der Waals surface area contributed by atoms with Crippen molar-refractivity contribution in [2.75, 3.05) is 0 Å². The summed E-state index contributed by atoms with van der Waals surface area (Å²) in [5.74, 6) is -1.19. The molecule has 5 N–H and O–H groups in total. The Labute approximate surface area is 83.5 Å². The molecule has 0 aliphatic rings. The minimum atomic E-state index is -0.998. The molecule has 0 aromatic heterocycles. The molecule has 0 aromatic rings. The Morgan fingerprint density at radius 2 is 2.00 bits per heavy atom. The number of amides is 1. The van der Waals surface area contributed by atoms with Gasteiger partial charge in [-0.25, -0.2) is 0 Å². The summed E-state index contributed by atoms with van der Waals surface area (Å²) < 4.78 is 0. The quantitative estimate of drug-likeness (QED) is 0.543. The average molecular weight is 202 g/mol. The predicted octanol–water partition coefficient (Wildman–Crippen LogP) is 0.0801. The highest BCUT2D eigenvalue weighted by molar-refractivity contribution is 5.74. The van der Waals surface area contributed by atoms with Gasteiger partial charge in [-0.3, -0.25) is 9.59 Å². The van der Waals surface area contributed by atoms with Crippen molar-refractivity contribution in [2.45, 2.75) is 38.6 Å². The lowest BCUT2D eigenvalue weighted by Crippen LogP contribution is -2.32. The van der Waals surface area contributed by atoms with E-state index in [1.165, 1.54) is 0 Å². The zero-order valence-electron chi connectivity index (χ0n) is 8.40. The molecule has 2 unspecified atom stereocenters. The molecule has 0 aliphatic carbocycles. The zero-order chi connectivity index (χ0) is 11.1. The van der Waals surface area contributed by atoms with Gasteiger partial charge in [0.1, 0.15) is 6.04 Å². The van der Waals surface area contributed by atoms with E-state index in [0.29, 0.717) is 19.3 Å². The van der Waals surface area contributed by atoms with E-state index in [9.17, 15) is 9.59 Å². The molecule has 0 rings (SSSR count). The fourth-order valence-electron chi connectivity index (χ4n) is 1.29. The maximum atomic E-state index is 10.5. The van der Waals surface area contributed by atoms with Crippen LogP contribution in [0.15, 0.2) is 0 Å². The third kappa shape index (κ3) is 5.53. The number of carboxylic acids is 1. The maximum Gasteiger partial charge on any atom is 0.320 e. The summed E-state index contributed by atoms with van der Waals surface area (Å²) in [5.41, 5.74) is 10.4. The summed E-state index contributed by atoms with van der Waals surface area (Å²) in [6.45, 7) is 1.94. The van der Waals surface area contributed by atoms with Gasteiger partial charge >= 0.3 is 5.97 Å². The molecule has 0 saturated heterocycles. The van der Waals surface area contributed by atoms with Gasteiger partial charge in [-0.15, -0.1) is 0 Å². The molecule has 82 valence electrons. The lowest BCUT2D eigenvalue weighted by Gasteiger charge is -2.16. The normalized spacial score (nSPS) is 14.7. The minimum Gasteiger partial charge on any atom is -0.480 e. The van der Waals surface area contributed by atoms with Gasteiger partial charge in [0, 0.05) is 6.42 Å². The summed E-state index contributed by atoms with van der Waals surface area (Å²) in [7, 11) is 0. The zero-order valence-corrected chi connectivity index (χ0v) is 8.40. The number of carboxylic acid groups (broad SMARTS) is 1. The van der Waals surface area contributed by atoms with Gasteiger partial charge < -0.3 is 16.6 Å². The van der Waals surface area contributed by atoms with Crippen LogP contribution in [0.2, 0.25) is 0 Å². The summed E-state index contributed by atoms with van der Waals surface area (Å²) in [4.78, 5) is 21.0. The predicted molar refractivity (Wildman–Crippen MR) is 52.4 cm³/mol. The Kier molecular flexibility index (Phi) is 5.87. The van der Waals surface area contributed by atoms with Gasteiger partial charge in [-0.1, -0.05) is 13.3 Å². The van der Waals surface area contributed by atoms with Crippen LogP contribution in [0.3, 0.4) is 0 Å². The van der Waals surface area contributed by atoms with Crippen molar-refractivity contribution in [3.8, 4) is 0 Å². The maximum absolute atomic E-state index is 10.5. The second-order valence-corrected chi connectivity index (χ2v) is 3.46. The SMILES string of the molecule is CCC(CCC(N)=O)CC(N)C(=O)O. The molecule has 5 nitrogen and oxygen atoms in total. The molecular formula is C9H18N2O3. The highest BCUT2D eigenvalue weighted by Crippen LogP contribution is 2.16. The van der Waals surface area contributed by atoms with Gasteiger partial charge in [0.25, 0.3) is 0 Å². The summed E-state index contributed by atoms with van der Waals surface area (Å²) in [6, 6.07) is -0.840. The Bertz CT molecular complexity index is 206. The highest BCUT2D eigenvalue weighted by atomic mass is 16.4. The van der Waals surface area contributed by atoms with Crippen LogP contribution in [0.25, 0.3) is 0 Å². The van der Waals surface area contributed by atoms with E-state index in [-0.39, 0.29) is 11.8 Å². The first-order chi connectivity index (χ1) is 6.47. The lowest BCUT2D eigenvalue weighted by atomic mass is 9.93. The van der Waals surface area contributed by atoms with Crippen LogP contribution < -0.4 is 11.5 Å². The Hall–Kier alpha value is -1.10. The van der Waals surface area contributed by atoms with Crippen molar-refractivity contribution in [2.24, 2.45) is 17.4 Å². The van der Waals surface area contributed by atoms with E-state index in [0.717, 1.165) is 6.42 Å². The van der Waals surface area contributed by atoms with Gasteiger partial charge in [0.15, 0.2) is 0 Å². The molecule has 0 aromatic carbocycles. The van der Waals surface area contributed by atoms with Crippen LogP contribution in [0.5, 0.6) is 0 Å². The fourth-order valence-corrected chi connectivity index (χ4v) is 1.29. The van der Waals surface area contributed by atoms with Gasteiger partial charge in [0.2, 0.25) is 5.91 Å². The summed E-state index contributed by atoms with van der Waals surface area (Å²) in [5, 5.41) is 8.59. The smallest absolute Gasteiger partial charge is 0.320 e. The number of hydrogen-bond donors (Lipinski definition) is 3. The van der Waals surface area contributed by atoms with E-state index >= 15 is 0 Å². The van der Waals surface area contributed by atoms with Crippen LogP contribution in [0.1, 0.15) is 32.6 Å². The lowest BCUT2D eigenvalue weighted by molar-refractivity contribution is -0.139. The van der Waals surface area contributed by atoms with Crippen LogP contribution >= 0.6 is 0 Å². The van der Waals surface area contributed by atoms with E-state index in [4.69, 9.17) is 16.6 Å². The van der Waals surface area contributed by atoms with Crippen molar-refractivity contribution in [3.05, 3.63) is 0 Å². The Morgan fingerprint density at radius 3 is 2.36 bits per heavy atom. The van der Waals surface area contributed by atoms with Crippen molar-refractivity contribution in [1.29, 1.82) is 0 Å². The molecule has 0 bridgehead atoms. The van der Waals surface area contributed by atoms with Crippen molar-refractivity contribution in [1.82, 2.24) is 0 Å². The Morgan fingerprint density at radius 1 is 1.43 bits per heavy atom. The molecule has 1 amide bonds. The van der Waals surface area contributed by atoms with E-state index in [1.54, 1.807) is 0 Å². The van der Waals surface area contributed by atoms with E-state index < -0.39 is 12.0 Å². The largest absolute Gasteiger partial charge is 0.480 e. The molecule has 2 atom stereocenters. The molecular weight excluding hydrogens is 184 g/mol. The number of carbonyl (C=O) groups is 2. The molecule has 0 radical (unpaired) electrons. The number of primary amides is 1.